The summed E-state index contributed by atoms with van der Waals surface area (Å²) in [5, 5.41) is 2.28. The number of benzene rings is 3. The van der Waals surface area contributed by atoms with Crippen LogP contribution in [0.2, 0.25) is 10.0 Å². The van der Waals surface area contributed by atoms with E-state index >= 15 is 0 Å². The molecule has 0 bridgehead atoms. The van der Waals surface area contributed by atoms with Gasteiger partial charge in [0.2, 0.25) is 0 Å². The van der Waals surface area contributed by atoms with Crippen LogP contribution in [-0.4, -0.2) is 16.7 Å². The number of hydrogen-bond acceptors (Lipinski definition) is 4. The van der Waals surface area contributed by atoms with E-state index in [1.54, 1.807) is 24.9 Å². The number of halogens is 2. The van der Waals surface area contributed by atoms with Gasteiger partial charge in [0.05, 0.1) is 19.4 Å². The van der Waals surface area contributed by atoms with Crippen molar-refractivity contribution in [3.05, 3.63) is 105 Å². The molecule has 0 saturated heterocycles. The third-order valence-electron chi connectivity index (χ3n) is 5.47. The monoisotopic (exact) mass is 526 g/mol. The molecule has 35 heavy (non-hydrogen) atoms. The minimum Gasteiger partial charge on any atom is -0.497 e. The fourth-order valence-electron chi connectivity index (χ4n) is 3.71. The first-order valence-electron chi connectivity index (χ1n) is 11.4. The molecule has 4 rings (SSSR count). The summed E-state index contributed by atoms with van der Waals surface area (Å²) in [5.74, 6) is 1.95. The molecule has 0 aliphatic heterocycles. The molecule has 0 N–H and O–H groups in total. The van der Waals surface area contributed by atoms with Gasteiger partial charge >= 0.3 is 0 Å². The second-order valence-electron chi connectivity index (χ2n) is 8.49. The zero-order valence-corrected chi connectivity index (χ0v) is 22.3. The van der Waals surface area contributed by atoms with Gasteiger partial charge in [0, 0.05) is 21.5 Å². The molecule has 1 aromatic heterocycles. The van der Waals surface area contributed by atoms with E-state index in [1.165, 1.54) is 0 Å². The van der Waals surface area contributed by atoms with Gasteiger partial charge in [-0.25, -0.2) is 4.98 Å². The first-order valence-corrected chi connectivity index (χ1v) is 13.0. The Morgan fingerprint density at radius 3 is 2.20 bits per heavy atom. The van der Waals surface area contributed by atoms with Crippen LogP contribution in [0.4, 0.5) is 0 Å². The topological polar surface area (TPSA) is 36.3 Å². The van der Waals surface area contributed by atoms with Gasteiger partial charge in [0.25, 0.3) is 0 Å². The van der Waals surface area contributed by atoms with Crippen molar-refractivity contribution in [3.63, 3.8) is 0 Å². The number of nitrogens with zero attached hydrogens (tertiary/aromatic N) is 2. The SMILES string of the molecule is COc1ccc(Cn2c(COCc3ccccc3)nc(C(C)C)c2Sc2cc(Cl)cc(Cl)c2)cc1. The summed E-state index contributed by atoms with van der Waals surface area (Å²) < 4.78 is 13.7. The Bertz CT molecular complexity index is 1240. The zero-order chi connectivity index (χ0) is 24.8. The molecule has 0 aliphatic rings. The van der Waals surface area contributed by atoms with Crippen molar-refractivity contribution in [2.24, 2.45) is 0 Å². The fraction of sp³-hybridized carbons (Fsp3) is 0.250. The van der Waals surface area contributed by atoms with Gasteiger partial charge in [-0.1, -0.05) is 91.3 Å². The van der Waals surface area contributed by atoms with E-state index in [0.29, 0.717) is 29.8 Å². The van der Waals surface area contributed by atoms with Gasteiger partial charge < -0.3 is 14.0 Å². The van der Waals surface area contributed by atoms with Crippen molar-refractivity contribution < 1.29 is 9.47 Å². The van der Waals surface area contributed by atoms with Crippen LogP contribution in [0.5, 0.6) is 5.75 Å². The molecule has 3 aromatic carbocycles. The summed E-state index contributed by atoms with van der Waals surface area (Å²) in [6.07, 6.45) is 0. The van der Waals surface area contributed by atoms with E-state index in [-0.39, 0.29) is 5.92 Å². The van der Waals surface area contributed by atoms with Crippen LogP contribution in [-0.2, 0) is 24.5 Å². The molecule has 0 radical (unpaired) electrons. The third kappa shape index (κ3) is 6.83. The maximum atomic E-state index is 6.30. The van der Waals surface area contributed by atoms with Gasteiger partial charge in [-0.15, -0.1) is 0 Å². The molecule has 7 heteroatoms. The summed E-state index contributed by atoms with van der Waals surface area (Å²) >= 11 is 14.2. The van der Waals surface area contributed by atoms with Gasteiger partial charge in [-0.05, 0) is 47.4 Å². The van der Waals surface area contributed by atoms with Crippen molar-refractivity contribution in [3.8, 4) is 5.75 Å². The molecular formula is C28H28Cl2N2O2S. The molecule has 4 nitrogen and oxygen atoms in total. The first kappa shape index (κ1) is 25.6. The number of aromatic nitrogens is 2. The molecule has 4 aromatic rings. The molecular weight excluding hydrogens is 499 g/mol. The fourth-order valence-corrected chi connectivity index (χ4v) is 5.62. The van der Waals surface area contributed by atoms with Gasteiger partial charge in [-0.2, -0.15) is 0 Å². The van der Waals surface area contributed by atoms with Crippen LogP contribution in [0.3, 0.4) is 0 Å². The predicted octanol–water partition coefficient (Wildman–Crippen LogP) is 8.24. The lowest BCUT2D eigenvalue weighted by Crippen LogP contribution is -2.08. The Morgan fingerprint density at radius 2 is 1.57 bits per heavy atom. The number of methoxy groups -OCH3 is 1. The van der Waals surface area contributed by atoms with Gasteiger partial charge in [0.1, 0.15) is 23.2 Å². The largest absolute Gasteiger partial charge is 0.497 e. The van der Waals surface area contributed by atoms with E-state index in [1.807, 2.05) is 42.5 Å². The third-order valence-corrected chi connectivity index (χ3v) is 7.00. The molecule has 0 unspecified atom stereocenters. The maximum absolute atomic E-state index is 6.30. The highest BCUT2D eigenvalue weighted by atomic mass is 35.5. The second-order valence-corrected chi connectivity index (χ2v) is 10.4. The normalized spacial score (nSPS) is 11.3. The van der Waals surface area contributed by atoms with Crippen LogP contribution >= 0.6 is 35.0 Å². The van der Waals surface area contributed by atoms with Crippen molar-refractivity contribution in [1.82, 2.24) is 9.55 Å². The average Bonchev–Trinajstić information content (AvgIpc) is 3.16. The average molecular weight is 528 g/mol. The molecule has 0 aliphatic carbocycles. The number of rotatable bonds is 10. The highest BCUT2D eigenvalue weighted by Crippen LogP contribution is 2.37. The summed E-state index contributed by atoms with van der Waals surface area (Å²) in [6.45, 7) is 5.90. The summed E-state index contributed by atoms with van der Waals surface area (Å²) in [6, 6.07) is 23.9. The lowest BCUT2D eigenvalue weighted by Gasteiger charge is -2.14. The van der Waals surface area contributed by atoms with Gasteiger partial charge in [-0.3, -0.25) is 0 Å². The van der Waals surface area contributed by atoms with E-state index in [9.17, 15) is 0 Å². The lowest BCUT2D eigenvalue weighted by molar-refractivity contribution is 0.0991. The van der Waals surface area contributed by atoms with Crippen LogP contribution in [0, 0.1) is 0 Å². The van der Waals surface area contributed by atoms with Crippen molar-refractivity contribution in [1.29, 1.82) is 0 Å². The van der Waals surface area contributed by atoms with E-state index < -0.39 is 0 Å². The van der Waals surface area contributed by atoms with E-state index in [0.717, 1.165) is 38.3 Å². The number of hydrogen-bond donors (Lipinski definition) is 0. The minimum atomic E-state index is 0.233. The maximum Gasteiger partial charge on any atom is 0.136 e. The molecule has 1 heterocycles. The quantitative estimate of drug-likeness (QED) is 0.208. The van der Waals surface area contributed by atoms with E-state index in [4.69, 9.17) is 37.7 Å². The molecule has 0 saturated carbocycles. The minimum absolute atomic E-state index is 0.233. The summed E-state index contributed by atoms with van der Waals surface area (Å²) in [4.78, 5) is 6.01. The smallest absolute Gasteiger partial charge is 0.136 e. The zero-order valence-electron chi connectivity index (χ0n) is 20.0. The molecule has 0 amide bonds. The second kappa shape index (κ2) is 12.0. The molecule has 182 valence electrons. The lowest BCUT2D eigenvalue weighted by atomic mass is 10.1. The highest BCUT2D eigenvalue weighted by Gasteiger charge is 2.21. The Balaban J connectivity index is 1.69. The van der Waals surface area contributed by atoms with Crippen molar-refractivity contribution >= 4 is 35.0 Å². The molecule has 0 fully saturated rings. The predicted molar refractivity (Wildman–Crippen MR) is 144 cm³/mol. The van der Waals surface area contributed by atoms with Crippen LogP contribution in [0.15, 0.2) is 82.7 Å². The van der Waals surface area contributed by atoms with Crippen LogP contribution in [0.1, 0.15) is 42.4 Å². The highest BCUT2D eigenvalue weighted by molar-refractivity contribution is 7.99. The first-order chi connectivity index (χ1) is 16.9. The molecule has 0 spiro atoms. The standard InChI is InChI=1S/C28H28Cl2N2O2S/c1-19(2)27-28(35-25-14-22(29)13-23(30)15-25)32(16-20-9-11-24(33-3)12-10-20)26(31-27)18-34-17-21-7-5-4-6-8-21/h4-15,19H,16-18H2,1-3H3. The Kier molecular flexibility index (Phi) is 8.79. The van der Waals surface area contributed by atoms with Gasteiger partial charge in [0.15, 0.2) is 0 Å². The van der Waals surface area contributed by atoms with E-state index in [2.05, 4.69) is 42.7 Å². The number of imidazole rings is 1. The molecule has 0 atom stereocenters. The summed E-state index contributed by atoms with van der Waals surface area (Å²) in [5.41, 5.74) is 3.31. The van der Waals surface area contributed by atoms with Crippen LogP contribution in [0.25, 0.3) is 0 Å². The van der Waals surface area contributed by atoms with Crippen molar-refractivity contribution in [2.45, 2.75) is 49.4 Å². The summed E-state index contributed by atoms with van der Waals surface area (Å²) in [7, 11) is 1.67. The van der Waals surface area contributed by atoms with Crippen molar-refractivity contribution in [2.75, 3.05) is 7.11 Å². The Morgan fingerprint density at radius 1 is 0.886 bits per heavy atom. The Hall–Kier alpha value is -2.44. The van der Waals surface area contributed by atoms with Crippen LogP contribution < -0.4 is 4.74 Å². The number of ether oxygens (including phenoxy) is 2. The Labute approximate surface area is 221 Å².